The molecule has 0 saturated carbocycles. The van der Waals surface area contributed by atoms with Crippen LogP contribution in [0.4, 0.5) is 0 Å². The third-order valence-corrected chi connectivity index (χ3v) is 6.77. The van der Waals surface area contributed by atoms with E-state index in [0.717, 1.165) is 29.5 Å². The van der Waals surface area contributed by atoms with Gasteiger partial charge in [0.25, 0.3) is 5.56 Å². The zero-order valence-electron chi connectivity index (χ0n) is 18.9. The number of aromatic nitrogens is 2. The van der Waals surface area contributed by atoms with Gasteiger partial charge in [-0.05, 0) is 44.9 Å². The predicted molar refractivity (Wildman–Crippen MR) is 125 cm³/mol. The van der Waals surface area contributed by atoms with E-state index in [1.807, 2.05) is 50.2 Å². The molecule has 3 aromatic rings. The van der Waals surface area contributed by atoms with Crippen LogP contribution in [0.25, 0.3) is 10.8 Å². The van der Waals surface area contributed by atoms with E-state index in [0.29, 0.717) is 36.2 Å². The van der Waals surface area contributed by atoms with Gasteiger partial charge in [0.2, 0.25) is 5.91 Å². The van der Waals surface area contributed by atoms with Crippen molar-refractivity contribution in [3.63, 3.8) is 0 Å². The summed E-state index contributed by atoms with van der Waals surface area (Å²) in [5, 5.41) is 5.75. The Kier molecular flexibility index (Phi) is 5.48. The second kappa shape index (κ2) is 8.46. The average molecular weight is 446 g/mol. The Morgan fingerprint density at radius 3 is 2.73 bits per heavy atom. The highest BCUT2D eigenvalue weighted by molar-refractivity contribution is 6.00. The van der Waals surface area contributed by atoms with Crippen LogP contribution in [0, 0.1) is 19.8 Å². The number of rotatable bonds is 3. The molecule has 1 fully saturated rings. The molecule has 2 atom stereocenters. The molecule has 0 radical (unpaired) electrons. The lowest BCUT2D eigenvalue weighted by atomic mass is 9.86. The second-order valence-electron chi connectivity index (χ2n) is 9.12. The fourth-order valence-corrected chi connectivity index (χ4v) is 5.00. The highest BCUT2D eigenvalue weighted by Crippen LogP contribution is 2.34. The summed E-state index contributed by atoms with van der Waals surface area (Å²) in [7, 11) is 0. The second-order valence-corrected chi connectivity index (χ2v) is 9.12. The van der Waals surface area contributed by atoms with Crippen molar-refractivity contribution >= 4 is 22.5 Å². The molecule has 0 bridgehead atoms. The first-order chi connectivity index (χ1) is 15.9. The lowest BCUT2D eigenvalue weighted by molar-refractivity contribution is -0.134. The monoisotopic (exact) mass is 445 g/mol. The minimum absolute atomic E-state index is 0.0733. The normalized spacial score (nSPS) is 20.4. The molecule has 7 nitrogen and oxygen atoms in total. The summed E-state index contributed by atoms with van der Waals surface area (Å²) in [6, 6.07) is 13.0. The van der Waals surface area contributed by atoms with Crippen LogP contribution in [0.2, 0.25) is 0 Å². The number of carbonyl (C=O) groups excluding carboxylic acids is 2. The van der Waals surface area contributed by atoms with E-state index in [1.165, 1.54) is 4.68 Å². The number of nitrogens with zero attached hydrogens (tertiary/aromatic N) is 3. The van der Waals surface area contributed by atoms with Gasteiger partial charge in [-0.3, -0.25) is 14.4 Å². The van der Waals surface area contributed by atoms with Crippen molar-refractivity contribution < 1.29 is 14.3 Å². The van der Waals surface area contributed by atoms with E-state index >= 15 is 0 Å². The number of amides is 1. The van der Waals surface area contributed by atoms with Gasteiger partial charge < -0.3 is 9.64 Å². The maximum absolute atomic E-state index is 13.1. The number of Topliss-reactive ketones (excluding diaryl/α,β-unsaturated/α-hetero) is 1. The molecule has 7 heteroatoms. The van der Waals surface area contributed by atoms with Crippen LogP contribution in [0.15, 0.2) is 47.3 Å². The molecule has 3 heterocycles. The fourth-order valence-electron chi connectivity index (χ4n) is 5.00. The van der Waals surface area contributed by atoms with Gasteiger partial charge >= 0.3 is 0 Å². The lowest BCUT2D eigenvalue weighted by Gasteiger charge is -2.38. The molecule has 2 aliphatic rings. The molecule has 1 amide bonds. The molecule has 2 aromatic carbocycles. The molecule has 1 aromatic heterocycles. The fraction of sp³-hybridized carbons (Fsp3) is 0.385. The van der Waals surface area contributed by atoms with E-state index < -0.39 is 0 Å². The quantitative estimate of drug-likeness (QED) is 0.618. The highest BCUT2D eigenvalue weighted by Gasteiger charge is 2.36. The van der Waals surface area contributed by atoms with Gasteiger partial charge in [-0.2, -0.15) is 5.10 Å². The van der Waals surface area contributed by atoms with Crippen molar-refractivity contribution in [1.82, 2.24) is 14.7 Å². The van der Waals surface area contributed by atoms with Gasteiger partial charge in [0, 0.05) is 30.8 Å². The molecule has 0 unspecified atom stereocenters. The summed E-state index contributed by atoms with van der Waals surface area (Å²) in [6.45, 7) is 4.86. The lowest BCUT2D eigenvalue weighted by Crippen LogP contribution is -2.48. The maximum atomic E-state index is 13.1. The Hall–Kier alpha value is -3.48. The number of hydrogen-bond acceptors (Lipinski definition) is 5. The summed E-state index contributed by atoms with van der Waals surface area (Å²) in [6.07, 6.45) is 1.82. The first kappa shape index (κ1) is 21.4. The molecular weight excluding hydrogens is 418 g/mol. The van der Waals surface area contributed by atoms with Crippen LogP contribution in [0.1, 0.15) is 40.9 Å². The Bertz CT molecular complexity index is 1310. The van der Waals surface area contributed by atoms with Gasteiger partial charge in [0.15, 0.2) is 5.78 Å². The number of carbonyl (C=O) groups is 2. The van der Waals surface area contributed by atoms with E-state index in [4.69, 9.17) is 4.74 Å². The van der Waals surface area contributed by atoms with E-state index in [9.17, 15) is 14.4 Å². The molecule has 170 valence electrons. The predicted octanol–water partition coefficient (Wildman–Crippen LogP) is 3.29. The zero-order valence-corrected chi connectivity index (χ0v) is 18.9. The van der Waals surface area contributed by atoms with Crippen LogP contribution < -0.4 is 10.3 Å². The topological polar surface area (TPSA) is 81.5 Å². The SMILES string of the molecule is Cc1ccc2c(c1)C(=O)C[C@H]([C@H]1CCCN(C(=O)Cn3nc(C)c4ccccc4c3=O)C1)O2. The van der Waals surface area contributed by atoms with Crippen LogP contribution in [0.5, 0.6) is 5.75 Å². The van der Waals surface area contributed by atoms with Crippen LogP contribution in [-0.2, 0) is 11.3 Å². The summed E-state index contributed by atoms with van der Waals surface area (Å²) >= 11 is 0. The smallest absolute Gasteiger partial charge is 0.275 e. The maximum Gasteiger partial charge on any atom is 0.275 e. The van der Waals surface area contributed by atoms with Gasteiger partial charge in [0.1, 0.15) is 18.4 Å². The van der Waals surface area contributed by atoms with Crippen molar-refractivity contribution in [1.29, 1.82) is 0 Å². The van der Waals surface area contributed by atoms with Crippen LogP contribution in [0.3, 0.4) is 0 Å². The number of fused-ring (bicyclic) bond motifs is 2. The van der Waals surface area contributed by atoms with Gasteiger partial charge in [-0.15, -0.1) is 0 Å². The summed E-state index contributed by atoms with van der Waals surface area (Å²) in [5.74, 6) is 0.662. The Balaban J connectivity index is 1.31. The van der Waals surface area contributed by atoms with E-state index in [2.05, 4.69) is 5.10 Å². The molecule has 5 rings (SSSR count). The highest BCUT2D eigenvalue weighted by atomic mass is 16.5. The third-order valence-electron chi connectivity index (χ3n) is 6.77. The molecule has 0 aliphatic carbocycles. The van der Waals surface area contributed by atoms with Gasteiger partial charge in [-0.25, -0.2) is 4.68 Å². The zero-order chi connectivity index (χ0) is 23.1. The summed E-state index contributed by atoms with van der Waals surface area (Å²) in [5.41, 5.74) is 2.14. The number of benzene rings is 2. The van der Waals surface area contributed by atoms with Crippen LogP contribution >= 0.6 is 0 Å². The van der Waals surface area contributed by atoms with Gasteiger partial charge in [0.05, 0.1) is 16.6 Å². The Morgan fingerprint density at radius 2 is 1.91 bits per heavy atom. The van der Waals surface area contributed by atoms with Crippen LogP contribution in [-0.4, -0.2) is 45.6 Å². The molecule has 33 heavy (non-hydrogen) atoms. The Labute approximate surface area is 192 Å². The van der Waals surface area contributed by atoms with Crippen molar-refractivity contribution in [3.8, 4) is 5.75 Å². The van der Waals surface area contributed by atoms with E-state index in [-0.39, 0.29) is 35.8 Å². The average Bonchev–Trinajstić information content (AvgIpc) is 2.83. The summed E-state index contributed by atoms with van der Waals surface area (Å²) in [4.78, 5) is 40.5. The first-order valence-electron chi connectivity index (χ1n) is 11.5. The van der Waals surface area contributed by atoms with Crippen molar-refractivity contribution in [3.05, 3.63) is 69.6 Å². The number of aryl methyl sites for hydroxylation is 2. The number of piperidine rings is 1. The molecule has 1 saturated heterocycles. The molecular formula is C26H27N3O4. The number of ketones is 1. The Morgan fingerprint density at radius 1 is 1.12 bits per heavy atom. The third kappa shape index (κ3) is 4.03. The first-order valence-corrected chi connectivity index (χ1v) is 11.5. The van der Waals surface area contributed by atoms with E-state index in [1.54, 1.807) is 11.0 Å². The van der Waals surface area contributed by atoms with Gasteiger partial charge in [-0.1, -0.05) is 29.8 Å². The molecule has 0 spiro atoms. The number of hydrogen-bond donors (Lipinski definition) is 0. The van der Waals surface area contributed by atoms with Crippen molar-refractivity contribution in [2.24, 2.45) is 5.92 Å². The number of likely N-dealkylation sites (tertiary alicyclic amines) is 1. The minimum atomic E-state index is -0.258. The van der Waals surface area contributed by atoms with Crippen molar-refractivity contribution in [2.75, 3.05) is 13.1 Å². The summed E-state index contributed by atoms with van der Waals surface area (Å²) < 4.78 is 7.47. The molecule has 0 N–H and O–H groups in total. The number of ether oxygens (including phenoxy) is 1. The largest absolute Gasteiger partial charge is 0.489 e. The standard InChI is InChI=1S/C26H27N3O4/c1-16-9-10-23-21(12-16)22(30)13-24(33-23)18-6-5-11-28(14-18)25(31)15-29-26(32)20-8-4-3-7-19(20)17(2)27-29/h3-4,7-10,12,18,24H,5-6,11,13-15H2,1-2H3/t18-,24+/m0/s1. The van der Waals surface area contributed by atoms with Crippen molar-refractivity contribution in [2.45, 2.75) is 45.8 Å². The molecule has 2 aliphatic heterocycles. The minimum Gasteiger partial charge on any atom is -0.489 e.